The van der Waals surface area contributed by atoms with Gasteiger partial charge in [-0.1, -0.05) is 53.5 Å². The number of benzene rings is 3. The molecule has 0 radical (unpaired) electrons. The van der Waals surface area contributed by atoms with Gasteiger partial charge in [-0.15, -0.1) is 0 Å². The smallest absolute Gasteiger partial charge is 0.186 e. The number of thiocarbonyl (C=S) groups is 1. The van der Waals surface area contributed by atoms with Gasteiger partial charge >= 0.3 is 0 Å². The zero-order valence-corrected chi connectivity index (χ0v) is 19.1. The molecule has 0 bridgehead atoms. The van der Waals surface area contributed by atoms with E-state index in [9.17, 15) is 0 Å². The molecule has 1 heterocycles. The molecule has 5 nitrogen and oxygen atoms in total. The van der Waals surface area contributed by atoms with Crippen LogP contribution in [0.4, 0.5) is 11.4 Å². The van der Waals surface area contributed by atoms with E-state index in [2.05, 4.69) is 21.1 Å². The van der Waals surface area contributed by atoms with Crippen molar-refractivity contribution in [3.63, 3.8) is 0 Å². The lowest BCUT2D eigenvalue weighted by Crippen LogP contribution is -2.47. The summed E-state index contributed by atoms with van der Waals surface area (Å²) in [7, 11) is 2.04. The predicted molar refractivity (Wildman–Crippen MR) is 135 cm³/mol. The standard InChI is InChI=1S/C23H21Cl2N5S/c1-30-14-21(27-23(31)29-28-18-10-7-16(24)8-11-18)26-22(15-5-3-2-4-6-15)19-13-17(25)9-12-20(19)30/h2-13,21,28H,14H2,1H3,(H2,27,29,31). The summed E-state index contributed by atoms with van der Waals surface area (Å²) in [5.74, 6) is 0. The molecule has 4 rings (SSSR count). The van der Waals surface area contributed by atoms with Gasteiger partial charge in [0.15, 0.2) is 5.11 Å². The summed E-state index contributed by atoms with van der Waals surface area (Å²) in [5.41, 5.74) is 10.9. The minimum absolute atomic E-state index is 0.265. The summed E-state index contributed by atoms with van der Waals surface area (Å²) in [6.45, 7) is 0.633. The quantitative estimate of drug-likeness (QED) is 0.366. The molecule has 1 aliphatic rings. The van der Waals surface area contributed by atoms with Crippen LogP contribution in [0.5, 0.6) is 0 Å². The molecule has 1 aliphatic heterocycles. The average Bonchev–Trinajstić information content (AvgIpc) is 2.90. The van der Waals surface area contributed by atoms with Gasteiger partial charge in [0.25, 0.3) is 0 Å². The monoisotopic (exact) mass is 469 g/mol. The van der Waals surface area contributed by atoms with Crippen molar-refractivity contribution in [2.45, 2.75) is 6.17 Å². The molecule has 0 amide bonds. The molecule has 0 saturated heterocycles. The van der Waals surface area contributed by atoms with E-state index in [0.29, 0.717) is 21.7 Å². The first-order chi connectivity index (χ1) is 15.0. The lowest BCUT2D eigenvalue weighted by Gasteiger charge is -2.24. The van der Waals surface area contributed by atoms with Gasteiger partial charge in [-0.05, 0) is 54.7 Å². The van der Waals surface area contributed by atoms with Crippen LogP contribution >= 0.6 is 35.4 Å². The number of nitrogens with zero attached hydrogens (tertiary/aromatic N) is 2. The number of aliphatic imine (C=N–C) groups is 1. The highest BCUT2D eigenvalue weighted by molar-refractivity contribution is 7.80. The molecule has 0 aromatic heterocycles. The summed E-state index contributed by atoms with van der Waals surface area (Å²) >= 11 is 17.7. The molecule has 8 heteroatoms. The van der Waals surface area contributed by atoms with E-state index in [1.807, 2.05) is 67.7 Å². The maximum atomic E-state index is 6.32. The Kier molecular flexibility index (Phi) is 6.61. The number of nitrogens with one attached hydrogen (secondary N) is 3. The molecular formula is C23H21Cl2N5S. The third kappa shape index (κ3) is 5.28. The van der Waals surface area contributed by atoms with E-state index >= 15 is 0 Å². The molecule has 158 valence electrons. The van der Waals surface area contributed by atoms with Crippen LogP contribution in [-0.4, -0.2) is 30.6 Å². The molecule has 1 unspecified atom stereocenters. The third-order valence-corrected chi connectivity index (χ3v) is 5.57. The van der Waals surface area contributed by atoms with Gasteiger partial charge in [0.2, 0.25) is 0 Å². The zero-order valence-electron chi connectivity index (χ0n) is 16.8. The van der Waals surface area contributed by atoms with Gasteiger partial charge in [0, 0.05) is 33.9 Å². The molecule has 0 saturated carbocycles. The Hall–Kier alpha value is -2.80. The van der Waals surface area contributed by atoms with Crippen molar-refractivity contribution in [1.82, 2.24) is 10.7 Å². The van der Waals surface area contributed by atoms with Crippen molar-refractivity contribution in [1.29, 1.82) is 0 Å². The fraction of sp³-hybridized carbons (Fsp3) is 0.130. The second-order valence-corrected chi connectivity index (χ2v) is 8.41. The van der Waals surface area contributed by atoms with Crippen molar-refractivity contribution in [2.75, 3.05) is 23.9 Å². The Morgan fingerprint density at radius 1 is 1.00 bits per heavy atom. The minimum atomic E-state index is -0.265. The van der Waals surface area contributed by atoms with Crippen LogP contribution in [0, 0.1) is 0 Å². The summed E-state index contributed by atoms with van der Waals surface area (Å²) < 4.78 is 0. The number of halogens is 2. The van der Waals surface area contributed by atoms with Gasteiger partial charge in [0.1, 0.15) is 6.17 Å². The molecule has 0 spiro atoms. The predicted octanol–water partition coefficient (Wildman–Crippen LogP) is 5.10. The highest BCUT2D eigenvalue weighted by atomic mass is 35.5. The van der Waals surface area contributed by atoms with Crippen LogP contribution < -0.4 is 21.1 Å². The minimum Gasteiger partial charge on any atom is -0.370 e. The number of hydrogen-bond donors (Lipinski definition) is 3. The Bertz CT molecular complexity index is 1100. The zero-order chi connectivity index (χ0) is 21.8. The second kappa shape index (κ2) is 9.56. The summed E-state index contributed by atoms with van der Waals surface area (Å²) in [6, 6.07) is 23.3. The normalized spacial score (nSPS) is 15.4. The molecule has 1 atom stereocenters. The number of hydrazine groups is 1. The van der Waals surface area contributed by atoms with Gasteiger partial charge in [-0.2, -0.15) is 0 Å². The second-order valence-electron chi connectivity index (χ2n) is 7.13. The number of anilines is 2. The van der Waals surface area contributed by atoms with Crippen molar-refractivity contribution in [3.8, 4) is 0 Å². The molecular weight excluding hydrogens is 449 g/mol. The lowest BCUT2D eigenvalue weighted by atomic mass is 10.0. The number of fused-ring (bicyclic) bond motifs is 1. The van der Waals surface area contributed by atoms with Gasteiger partial charge in [0.05, 0.1) is 17.9 Å². The van der Waals surface area contributed by atoms with Crippen molar-refractivity contribution in [2.24, 2.45) is 4.99 Å². The topological polar surface area (TPSA) is 51.7 Å². The molecule has 0 aliphatic carbocycles. The van der Waals surface area contributed by atoms with Crippen molar-refractivity contribution >= 4 is 57.6 Å². The first kappa shape index (κ1) is 21.4. The van der Waals surface area contributed by atoms with E-state index in [-0.39, 0.29) is 6.17 Å². The lowest BCUT2D eigenvalue weighted by molar-refractivity contribution is 0.628. The highest BCUT2D eigenvalue weighted by Crippen LogP contribution is 2.29. The summed E-state index contributed by atoms with van der Waals surface area (Å²) in [4.78, 5) is 7.17. The van der Waals surface area contributed by atoms with Gasteiger partial charge in [-0.25, -0.2) is 0 Å². The molecule has 0 fully saturated rings. The van der Waals surface area contributed by atoms with Crippen molar-refractivity contribution < 1.29 is 0 Å². The number of rotatable bonds is 4. The maximum absolute atomic E-state index is 6.32. The Morgan fingerprint density at radius 3 is 2.45 bits per heavy atom. The maximum Gasteiger partial charge on any atom is 0.186 e. The number of benzodiazepines with no additional fused rings is 1. The first-order valence-electron chi connectivity index (χ1n) is 9.72. The summed E-state index contributed by atoms with van der Waals surface area (Å²) in [6.07, 6.45) is -0.265. The van der Waals surface area contributed by atoms with Gasteiger partial charge < -0.3 is 10.2 Å². The van der Waals surface area contributed by atoms with Crippen LogP contribution in [-0.2, 0) is 0 Å². The highest BCUT2D eigenvalue weighted by Gasteiger charge is 2.23. The Labute approximate surface area is 197 Å². The van der Waals surface area contributed by atoms with Crippen LogP contribution in [0.15, 0.2) is 77.8 Å². The number of likely N-dealkylation sites (N-methyl/N-ethyl adjacent to an activating group) is 1. The van der Waals surface area contributed by atoms with E-state index in [0.717, 1.165) is 28.2 Å². The summed E-state index contributed by atoms with van der Waals surface area (Å²) in [5, 5.41) is 5.08. The van der Waals surface area contributed by atoms with E-state index in [1.54, 1.807) is 12.1 Å². The number of hydrogen-bond acceptors (Lipinski definition) is 4. The van der Waals surface area contributed by atoms with Crippen LogP contribution in [0.3, 0.4) is 0 Å². The first-order valence-corrected chi connectivity index (χ1v) is 10.9. The Balaban J connectivity index is 1.57. The fourth-order valence-electron chi connectivity index (χ4n) is 3.41. The van der Waals surface area contributed by atoms with E-state index in [1.165, 1.54) is 0 Å². The van der Waals surface area contributed by atoms with Crippen molar-refractivity contribution in [3.05, 3.63) is 94.0 Å². The van der Waals surface area contributed by atoms with Crippen LogP contribution in [0.25, 0.3) is 0 Å². The molecule has 3 aromatic rings. The molecule has 31 heavy (non-hydrogen) atoms. The fourth-order valence-corrected chi connectivity index (χ4v) is 3.89. The van der Waals surface area contributed by atoms with E-state index in [4.69, 9.17) is 40.4 Å². The largest absolute Gasteiger partial charge is 0.370 e. The average molecular weight is 470 g/mol. The van der Waals surface area contributed by atoms with Gasteiger partial charge in [-0.3, -0.25) is 15.8 Å². The van der Waals surface area contributed by atoms with Crippen LogP contribution in [0.1, 0.15) is 11.1 Å². The molecule has 3 N–H and O–H groups in total. The SMILES string of the molecule is CN1CC(NC(=S)NNc2ccc(Cl)cc2)N=C(c2ccccc2)c2cc(Cl)ccc21. The van der Waals surface area contributed by atoms with E-state index < -0.39 is 0 Å². The third-order valence-electron chi connectivity index (χ3n) is 4.87. The molecule has 3 aromatic carbocycles. The Morgan fingerprint density at radius 2 is 1.71 bits per heavy atom. The van der Waals surface area contributed by atoms with Crippen LogP contribution in [0.2, 0.25) is 10.0 Å².